The summed E-state index contributed by atoms with van der Waals surface area (Å²) in [6.07, 6.45) is 6.93. The van der Waals surface area contributed by atoms with Gasteiger partial charge in [0.1, 0.15) is 6.04 Å². The van der Waals surface area contributed by atoms with E-state index < -0.39 is 11.9 Å². The fourth-order valence-corrected chi connectivity index (χ4v) is 1.36. The molecule has 0 aliphatic heterocycles. The summed E-state index contributed by atoms with van der Waals surface area (Å²) in [6, 6.07) is 3.35. The SMILES string of the molecule is C[C@H](C(N)=O)n1cc(-c2cccnc2)cn1. The van der Waals surface area contributed by atoms with E-state index in [1.807, 2.05) is 12.1 Å². The standard InChI is InChI=1S/C11H12N4O/c1-8(11(12)16)15-7-10(6-14-15)9-3-2-4-13-5-9/h2-8H,1H3,(H2,12,16)/t8-/m1/s1. The molecule has 2 heterocycles. The van der Waals surface area contributed by atoms with Crippen molar-refractivity contribution in [3.8, 4) is 11.1 Å². The Morgan fingerprint density at radius 1 is 1.44 bits per heavy atom. The van der Waals surface area contributed by atoms with Gasteiger partial charge in [0.05, 0.1) is 6.20 Å². The lowest BCUT2D eigenvalue weighted by molar-refractivity contribution is -0.120. The molecule has 0 unspecified atom stereocenters. The molecule has 1 amide bonds. The Kier molecular flexibility index (Phi) is 2.68. The lowest BCUT2D eigenvalue weighted by Crippen LogP contribution is -2.24. The van der Waals surface area contributed by atoms with Crippen LogP contribution in [-0.2, 0) is 4.79 Å². The van der Waals surface area contributed by atoms with Crippen LogP contribution in [0.3, 0.4) is 0 Å². The fraction of sp³-hybridized carbons (Fsp3) is 0.182. The molecule has 0 aromatic carbocycles. The van der Waals surface area contributed by atoms with E-state index in [0.717, 1.165) is 11.1 Å². The third kappa shape index (κ3) is 1.93. The molecule has 0 fully saturated rings. The summed E-state index contributed by atoms with van der Waals surface area (Å²) >= 11 is 0. The minimum atomic E-state index is -0.439. The van der Waals surface area contributed by atoms with Crippen molar-refractivity contribution in [2.24, 2.45) is 5.73 Å². The number of rotatable bonds is 3. The maximum Gasteiger partial charge on any atom is 0.241 e. The molecule has 0 aliphatic carbocycles. The zero-order valence-corrected chi connectivity index (χ0v) is 8.87. The van der Waals surface area contributed by atoms with E-state index in [-0.39, 0.29) is 0 Å². The van der Waals surface area contributed by atoms with Gasteiger partial charge < -0.3 is 5.73 Å². The zero-order valence-electron chi connectivity index (χ0n) is 8.87. The normalized spacial score (nSPS) is 12.3. The van der Waals surface area contributed by atoms with Crippen molar-refractivity contribution < 1.29 is 4.79 Å². The molecule has 2 aromatic heterocycles. The van der Waals surface area contributed by atoms with Gasteiger partial charge in [-0.2, -0.15) is 5.10 Å². The number of pyridine rings is 1. The number of primary amides is 1. The predicted molar refractivity (Wildman–Crippen MR) is 59.4 cm³/mol. The second-order valence-electron chi connectivity index (χ2n) is 3.53. The molecule has 5 nitrogen and oxygen atoms in total. The molecule has 0 spiro atoms. The van der Waals surface area contributed by atoms with Crippen molar-refractivity contribution in [1.82, 2.24) is 14.8 Å². The number of hydrogen-bond donors (Lipinski definition) is 1. The highest BCUT2D eigenvalue weighted by Gasteiger charge is 2.12. The topological polar surface area (TPSA) is 73.8 Å². The van der Waals surface area contributed by atoms with Gasteiger partial charge in [-0.1, -0.05) is 6.07 Å². The average Bonchev–Trinajstić information content (AvgIpc) is 2.78. The first-order valence-corrected chi connectivity index (χ1v) is 4.92. The molecule has 16 heavy (non-hydrogen) atoms. The third-order valence-electron chi connectivity index (χ3n) is 2.40. The van der Waals surface area contributed by atoms with Crippen molar-refractivity contribution >= 4 is 5.91 Å². The van der Waals surface area contributed by atoms with Gasteiger partial charge in [-0.25, -0.2) is 0 Å². The molecule has 82 valence electrons. The van der Waals surface area contributed by atoms with Gasteiger partial charge in [-0.05, 0) is 13.0 Å². The molecular weight excluding hydrogens is 204 g/mol. The summed E-state index contributed by atoms with van der Waals surface area (Å²) in [5.41, 5.74) is 7.08. The minimum Gasteiger partial charge on any atom is -0.368 e. The Hall–Kier alpha value is -2.17. The van der Waals surface area contributed by atoms with Crippen molar-refractivity contribution in [3.05, 3.63) is 36.9 Å². The number of aromatic nitrogens is 3. The van der Waals surface area contributed by atoms with E-state index in [1.54, 1.807) is 36.4 Å². The maximum absolute atomic E-state index is 11.0. The monoisotopic (exact) mass is 216 g/mol. The molecular formula is C11H12N4O. The van der Waals surface area contributed by atoms with Crippen LogP contribution in [0.4, 0.5) is 0 Å². The summed E-state index contributed by atoms with van der Waals surface area (Å²) < 4.78 is 1.55. The van der Waals surface area contributed by atoms with Crippen molar-refractivity contribution in [1.29, 1.82) is 0 Å². The Balaban J connectivity index is 2.30. The van der Waals surface area contributed by atoms with Gasteiger partial charge in [0.15, 0.2) is 0 Å². The number of amides is 1. The third-order valence-corrected chi connectivity index (χ3v) is 2.40. The van der Waals surface area contributed by atoms with E-state index in [0.29, 0.717) is 0 Å². The number of nitrogens with zero attached hydrogens (tertiary/aromatic N) is 3. The van der Waals surface area contributed by atoms with E-state index in [9.17, 15) is 4.79 Å². The first-order chi connectivity index (χ1) is 7.68. The van der Waals surface area contributed by atoms with Gasteiger partial charge in [0.2, 0.25) is 5.91 Å². The van der Waals surface area contributed by atoms with Crippen LogP contribution in [0.5, 0.6) is 0 Å². The smallest absolute Gasteiger partial charge is 0.241 e. The molecule has 5 heteroatoms. The van der Waals surface area contributed by atoms with Gasteiger partial charge in [0.25, 0.3) is 0 Å². The molecule has 0 saturated carbocycles. The van der Waals surface area contributed by atoms with Crippen LogP contribution in [0.1, 0.15) is 13.0 Å². The lowest BCUT2D eigenvalue weighted by atomic mass is 10.2. The number of carbonyl (C=O) groups is 1. The molecule has 0 saturated heterocycles. The van der Waals surface area contributed by atoms with Crippen molar-refractivity contribution in [3.63, 3.8) is 0 Å². The summed E-state index contributed by atoms with van der Waals surface area (Å²) in [7, 11) is 0. The quantitative estimate of drug-likeness (QED) is 0.831. The van der Waals surface area contributed by atoms with Gasteiger partial charge >= 0.3 is 0 Å². The minimum absolute atomic E-state index is 0.402. The van der Waals surface area contributed by atoms with E-state index >= 15 is 0 Å². The van der Waals surface area contributed by atoms with Gasteiger partial charge in [0, 0.05) is 29.7 Å². The summed E-state index contributed by atoms with van der Waals surface area (Å²) in [4.78, 5) is 15.0. The average molecular weight is 216 g/mol. The van der Waals surface area contributed by atoms with E-state index in [2.05, 4.69) is 10.1 Å². The fourth-order valence-electron chi connectivity index (χ4n) is 1.36. The van der Waals surface area contributed by atoms with Crippen LogP contribution in [0.15, 0.2) is 36.9 Å². The van der Waals surface area contributed by atoms with Crippen LogP contribution >= 0.6 is 0 Å². The van der Waals surface area contributed by atoms with Crippen LogP contribution in [0.2, 0.25) is 0 Å². The van der Waals surface area contributed by atoms with Gasteiger partial charge in [-0.3, -0.25) is 14.5 Å². The Bertz CT molecular complexity index is 492. The van der Waals surface area contributed by atoms with Crippen LogP contribution in [0.25, 0.3) is 11.1 Å². The number of hydrogen-bond acceptors (Lipinski definition) is 3. The van der Waals surface area contributed by atoms with Crippen LogP contribution < -0.4 is 5.73 Å². The molecule has 0 radical (unpaired) electrons. The second-order valence-corrected chi connectivity index (χ2v) is 3.53. The first-order valence-electron chi connectivity index (χ1n) is 4.92. The second kappa shape index (κ2) is 4.14. The largest absolute Gasteiger partial charge is 0.368 e. The first kappa shape index (κ1) is 10.4. The van der Waals surface area contributed by atoms with Crippen LogP contribution in [-0.4, -0.2) is 20.7 Å². The van der Waals surface area contributed by atoms with E-state index in [4.69, 9.17) is 5.73 Å². The Morgan fingerprint density at radius 3 is 2.88 bits per heavy atom. The molecule has 0 aliphatic rings. The van der Waals surface area contributed by atoms with Crippen molar-refractivity contribution in [2.75, 3.05) is 0 Å². The highest BCUT2D eigenvalue weighted by molar-refractivity contribution is 5.78. The van der Waals surface area contributed by atoms with Crippen molar-refractivity contribution in [2.45, 2.75) is 13.0 Å². The van der Waals surface area contributed by atoms with Gasteiger partial charge in [-0.15, -0.1) is 0 Å². The molecule has 2 rings (SSSR count). The zero-order chi connectivity index (χ0) is 11.5. The number of nitrogens with two attached hydrogens (primary N) is 1. The molecule has 1 atom stereocenters. The summed E-state index contributed by atoms with van der Waals surface area (Å²) in [6.45, 7) is 1.71. The maximum atomic E-state index is 11.0. The summed E-state index contributed by atoms with van der Waals surface area (Å²) in [5.74, 6) is -0.402. The highest BCUT2D eigenvalue weighted by atomic mass is 16.1. The van der Waals surface area contributed by atoms with E-state index in [1.165, 1.54) is 0 Å². The summed E-state index contributed by atoms with van der Waals surface area (Å²) in [5, 5.41) is 4.10. The molecule has 2 aromatic rings. The van der Waals surface area contributed by atoms with Crippen LogP contribution in [0, 0.1) is 0 Å². The lowest BCUT2D eigenvalue weighted by Gasteiger charge is -2.06. The highest BCUT2D eigenvalue weighted by Crippen LogP contribution is 2.18. The predicted octanol–water partition coefficient (Wildman–Crippen LogP) is 0.991. The Labute approximate surface area is 92.9 Å². The molecule has 2 N–H and O–H groups in total. The number of carbonyl (C=O) groups excluding carboxylic acids is 1. The molecule has 0 bridgehead atoms. The Morgan fingerprint density at radius 2 is 2.25 bits per heavy atom.